The quantitative estimate of drug-likeness (QED) is 0.0952. The molecule has 18 heteroatoms. The van der Waals surface area contributed by atoms with Crippen molar-refractivity contribution in [2.24, 2.45) is 0 Å². The number of ether oxygens (including phenoxy) is 5. The van der Waals surface area contributed by atoms with Crippen LogP contribution in [0.5, 0.6) is 34.6 Å². The average molecular weight is 871 g/mol. The molecule has 4 aromatic heterocycles. The Morgan fingerprint density at radius 3 is 1.67 bits per heavy atom. The summed E-state index contributed by atoms with van der Waals surface area (Å²) in [5.74, 6) is 4.23. The maximum Gasteiger partial charge on any atom is 0.276 e. The Labute approximate surface area is 366 Å². The van der Waals surface area contributed by atoms with E-state index in [0.29, 0.717) is 85.7 Å². The number of methoxy groups -OCH3 is 4. The summed E-state index contributed by atoms with van der Waals surface area (Å²) in [5, 5.41) is 18.6. The third-order valence-electron chi connectivity index (χ3n) is 11.6. The molecule has 2 aliphatic rings. The molecule has 10 rings (SSSR count). The van der Waals surface area contributed by atoms with E-state index in [4.69, 9.17) is 28.7 Å². The Bertz CT molecular complexity index is 3130. The number of benzene rings is 4. The number of fused-ring (bicyclic) bond motifs is 6. The van der Waals surface area contributed by atoms with Gasteiger partial charge in [0.1, 0.15) is 22.3 Å². The predicted octanol–water partition coefficient (Wildman–Crippen LogP) is 5.10. The molecule has 18 nitrogen and oxygen atoms in total. The number of nitrogens with one attached hydrogen (secondary N) is 6. The lowest BCUT2D eigenvalue weighted by Crippen LogP contribution is -2.44. The van der Waals surface area contributed by atoms with Crippen LogP contribution in [0.25, 0.3) is 66.1 Å². The second-order valence-corrected chi connectivity index (χ2v) is 15.3. The Morgan fingerprint density at radius 2 is 1.11 bits per heavy atom. The highest BCUT2D eigenvalue weighted by molar-refractivity contribution is 6.10. The van der Waals surface area contributed by atoms with Crippen LogP contribution in [-0.2, 0) is 0 Å². The van der Waals surface area contributed by atoms with E-state index in [1.807, 2.05) is 60.4 Å². The van der Waals surface area contributed by atoms with Crippen molar-refractivity contribution in [3.63, 3.8) is 0 Å². The molecule has 0 amide bonds. The zero-order valence-electron chi connectivity index (χ0n) is 36.2. The molecule has 2 fully saturated rings. The molecule has 8 aromatic rings. The van der Waals surface area contributed by atoms with Gasteiger partial charge in [-0.15, -0.1) is 0 Å². The van der Waals surface area contributed by atoms with Gasteiger partial charge in [0.25, 0.3) is 5.56 Å². The number of hydrogen-bond acceptors (Lipinski definition) is 14. The molecule has 0 spiro atoms. The molecule has 0 radical (unpaired) electrons. The van der Waals surface area contributed by atoms with Crippen LogP contribution in [0.4, 0.5) is 11.9 Å². The third-order valence-corrected chi connectivity index (χ3v) is 11.6. The van der Waals surface area contributed by atoms with E-state index in [1.165, 1.54) is 0 Å². The van der Waals surface area contributed by atoms with Crippen LogP contribution in [0, 0.1) is 0 Å². The van der Waals surface area contributed by atoms with Crippen LogP contribution in [-0.4, -0.2) is 122 Å². The van der Waals surface area contributed by atoms with Gasteiger partial charge in [-0.2, -0.15) is 4.98 Å². The monoisotopic (exact) mass is 870 g/mol. The molecule has 0 saturated carbocycles. The van der Waals surface area contributed by atoms with Crippen LogP contribution in [0.15, 0.2) is 70.3 Å². The fourth-order valence-corrected chi connectivity index (χ4v) is 8.40. The highest BCUT2D eigenvalue weighted by atomic mass is 16.5. The van der Waals surface area contributed by atoms with Gasteiger partial charge in [-0.3, -0.25) is 14.6 Å². The zero-order chi connectivity index (χ0) is 44.5. The fourth-order valence-electron chi connectivity index (χ4n) is 8.40. The maximum atomic E-state index is 13.3. The number of aromatic hydroxyl groups is 1. The summed E-state index contributed by atoms with van der Waals surface area (Å²) in [6, 6.07) is 18.3. The molecule has 4 aromatic carbocycles. The minimum atomic E-state index is -0.262. The summed E-state index contributed by atoms with van der Waals surface area (Å²) in [4.78, 5) is 52.4. The van der Waals surface area contributed by atoms with Gasteiger partial charge in [-0.1, -0.05) is 12.1 Å². The Hall–Kier alpha value is -7.44. The van der Waals surface area contributed by atoms with Crippen molar-refractivity contribution >= 4 is 55.8 Å². The van der Waals surface area contributed by atoms with E-state index in [0.717, 1.165) is 80.1 Å². The third kappa shape index (κ3) is 7.81. The van der Waals surface area contributed by atoms with Crippen molar-refractivity contribution < 1.29 is 28.8 Å². The number of hydrogen-bond donors (Lipinski definition) is 7. The molecule has 332 valence electrons. The van der Waals surface area contributed by atoms with Crippen LogP contribution >= 0.6 is 0 Å². The molecule has 2 aliphatic heterocycles. The molecular weight excluding hydrogens is 821 g/mol. The van der Waals surface area contributed by atoms with E-state index < -0.39 is 0 Å². The summed E-state index contributed by atoms with van der Waals surface area (Å²) in [6.45, 7) is 8.99. The van der Waals surface area contributed by atoms with E-state index in [-0.39, 0.29) is 16.7 Å². The van der Waals surface area contributed by atoms with Gasteiger partial charge < -0.3 is 64.2 Å². The molecule has 7 N–H and O–H groups in total. The number of anilines is 2. The second-order valence-electron chi connectivity index (χ2n) is 15.3. The molecule has 0 unspecified atom stereocenters. The normalized spacial score (nSPS) is 14.2. The first-order chi connectivity index (χ1) is 31.2. The Balaban J connectivity index is 0.000000162. The largest absolute Gasteiger partial charge is 0.507 e. The van der Waals surface area contributed by atoms with Crippen LogP contribution in [0.2, 0.25) is 0 Å². The number of aromatic nitrogens is 6. The number of nitrogens with zero attached hydrogens (tertiary/aromatic N) is 4. The SMILES string of the molecule is CCOc1nc(N2CCNCC2)[nH]c2c1[nH]c1cc(-c3ccc(OC)c(OC)c3)cc(=O)c12.COc1ccc(-c2cc(O)c3c(c2)[nH]c2c(=O)[nH]c(N4CCNCC4)nc23)cc1OC. The van der Waals surface area contributed by atoms with Gasteiger partial charge in [-0.25, -0.2) is 4.98 Å². The summed E-state index contributed by atoms with van der Waals surface area (Å²) < 4.78 is 27.3. The van der Waals surface area contributed by atoms with Gasteiger partial charge in [0.15, 0.2) is 28.4 Å². The topological polar surface area (TPSA) is 220 Å². The summed E-state index contributed by atoms with van der Waals surface area (Å²) >= 11 is 0. The summed E-state index contributed by atoms with van der Waals surface area (Å²) in [7, 11) is 6.35. The predicted molar refractivity (Wildman–Crippen MR) is 249 cm³/mol. The molecule has 64 heavy (non-hydrogen) atoms. The number of aromatic amines is 4. The maximum absolute atomic E-state index is 13.3. The first-order valence-corrected chi connectivity index (χ1v) is 21.1. The van der Waals surface area contributed by atoms with E-state index >= 15 is 0 Å². The van der Waals surface area contributed by atoms with Crippen molar-refractivity contribution in [1.29, 1.82) is 0 Å². The van der Waals surface area contributed by atoms with Crippen LogP contribution in [0.3, 0.4) is 0 Å². The smallest absolute Gasteiger partial charge is 0.276 e. The molecule has 0 atom stereocenters. The Morgan fingerprint density at radius 1 is 0.578 bits per heavy atom. The number of phenolic OH excluding ortho intramolecular Hbond substituents is 1. The van der Waals surface area contributed by atoms with E-state index in [1.54, 1.807) is 40.6 Å². The standard InChI is InChI=1S/C24H27N5O4.C22H23N5O4/c1-4-33-23-22-21(27-24(28-23)29-9-7-25-8-10-29)20-16(26-22)11-15(12-17(20)30)14-5-6-18(31-2)19(13-14)32-3;1-30-16-4-3-12(11-17(16)31-2)13-9-14-18(15(28)10-13)19-20(24-14)21(29)26-22(25-19)27-7-5-23-6-8-27/h5-6,11-13,25-26H,4,7-10H2,1-3H3,(H,27,28);3-4,9-11,23-24,28H,5-8H2,1-2H3,(H,25,26,29). The van der Waals surface area contributed by atoms with Gasteiger partial charge in [0.2, 0.25) is 17.8 Å². The number of rotatable bonds is 10. The lowest BCUT2D eigenvalue weighted by molar-refractivity contribution is 0.330. The van der Waals surface area contributed by atoms with Gasteiger partial charge in [0, 0.05) is 52.4 Å². The van der Waals surface area contributed by atoms with E-state index in [2.05, 4.69) is 40.5 Å². The van der Waals surface area contributed by atoms with Crippen molar-refractivity contribution in [3.05, 3.63) is 81.2 Å². The zero-order valence-corrected chi connectivity index (χ0v) is 36.2. The number of phenols is 1. The lowest BCUT2D eigenvalue weighted by atomic mass is 10.0. The molecule has 2 saturated heterocycles. The minimum Gasteiger partial charge on any atom is -0.507 e. The highest BCUT2D eigenvalue weighted by Crippen LogP contribution is 2.39. The molecule has 6 heterocycles. The average Bonchev–Trinajstić information content (AvgIpc) is 3.91. The van der Waals surface area contributed by atoms with E-state index in [9.17, 15) is 14.7 Å². The van der Waals surface area contributed by atoms with Crippen molar-refractivity contribution in [3.8, 4) is 56.9 Å². The molecule has 0 aliphatic carbocycles. The minimum absolute atomic E-state index is 0.0536. The van der Waals surface area contributed by atoms with Gasteiger partial charge in [-0.05, 0) is 77.7 Å². The van der Waals surface area contributed by atoms with Crippen molar-refractivity contribution in [2.75, 3.05) is 97.2 Å². The van der Waals surface area contributed by atoms with Gasteiger partial charge >= 0.3 is 0 Å². The Kier molecular flexibility index (Phi) is 11.6. The number of H-pyrrole nitrogens is 4. The molecular formula is C46H50N10O8. The van der Waals surface area contributed by atoms with Crippen molar-refractivity contribution in [1.82, 2.24) is 40.5 Å². The van der Waals surface area contributed by atoms with Crippen LogP contribution < -0.4 is 55.1 Å². The lowest BCUT2D eigenvalue weighted by Gasteiger charge is -2.28. The number of piperazine rings is 2. The van der Waals surface area contributed by atoms with Crippen LogP contribution in [0.1, 0.15) is 6.92 Å². The summed E-state index contributed by atoms with van der Waals surface area (Å²) in [6.07, 6.45) is 0. The molecule has 0 bridgehead atoms. The summed E-state index contributed by atoms with van der Waals surface area (Å²) in [5.41, 5.74) is 6.47. The van der Waals surface area contributed by atoms with Gasteiger partial charge in [0.05, 0.1) is 62.4 Å². The first-order valence-electron chi connectivity index (χ1n) is 21.1. The second kappa shape index (κ2) is 17.7. The first kappa shape index (κ1) is 41.9. The highest BCUT2D eigenvalue weighted by Gasteiger charge is 2.22. The van der Waals surface area contributed by atoms with Crippen molar-refractivity contribution in [2.45, 2.75) is 6.92 Å². The fraction of sp³-hybridized carbons (Fsp3) is 0.304.